The van der Waals surface area contributed by atoms with Crippen molar-refractivity contribution < 1.29 is 19.8 Å². The lowest BCUT2D eigenvalue weighted by molar-refractivity contribution is 0.0196. The molecule has 6 heteroatoms. The highest BCUT2D eigenvalue weighted by atomic mass is 16.4. The summed E-state index contributed by atoms with van der Waals surface area (Å²) < 4.78 is 0. The molecule has 114 valence electrons. The summed E-state index contributed by atoms with van der Waals surface area (Å²) in [7, 11) is 0. The molecule has 1 aromatic carbocycles. The van der Waals surface area contributed by atoms with E-state index in [0.29, 0.717) is 18.5 Å². The van der Waals surface area contributed by atoms with Crippen molar-refractivity contribution in [1.82, 2.24) is 0 Å². The van der Waals surface area contributed by atoms with Gasteiger partial charge in [0.1, 0.15) is 0 Å². The first kappa shape index (κ1) is 15.3. The third-order valence-electron chi connectivity index (χ3n) is 3.95. The monoisotopic (exact) mass is 292 g/mol. The maximum atomic E-state index is 11.4. The third kappa shape index (κ3) is 3.72. The highest BCUT2D eigenvalue weighted by Crippen LogP contribution is 2.30. The van der Waals surface area contributed by atoms with Crippen LogP contribution in [0.25, 0.3) is 0 Å². The molecule has 21 heavy (non-hydrogen) atoms. The fraction of sp³-hybridized carbons (Fsp3) is 0.467. The number of aromatic carboxylic acids is 1. The summed E-state index contributed by atoms with van der Waals surface area (Å²) in [5.74, 6) is -1.65. The molecule has 5 N–H and O–H groups in total. The van der Waals surface area contributed by atoms with E-state index in [0.717, 1.165) is 12.8 Å². The van der Waals surface area contributed by atoms with Crippen molar-refractivity contribution in [2.75, 3.05) is 5.32 Å². The van der Waals surface area contributed by atoms with E-state index < -0.39 is 17.5 Å². The molecule has 1 saturated carbocycles. The van der Waals surface area contributed by atoms with E-state index in [4.69, 9.17) is 10.8 Å². The summed E-state index contributed by atoms with van der Waals surface area (Å²) in [4.78, 5) is 22.5. The van der Waals surface area contributed by atoms with Gasteiger partial charge in [-0.25, -0.2) is 4.79 Å². The predicted octanol–water partition coefficient (Wildman–Crippen LogP) is 1.59. The van der Waals surface area contributed by atoms with Gasteiger partial charge in [-0.3, -0.25) is 4.79 Å². The molecule has 0 saturated heterocycles. The molecule has 0 radical (unpaired) electrons. The Kier molecular flexibility index (Phi) is 4.18. The number of nitrogens with one attached hydrogen (secondary N) is 1. The third-order valence-corrected chi connectivity index (χ3v) is 3.95. The van der Waals surface area contributed by atoms with Gasteiger partial charge >= 0.3 is 5.97 Å². The summed E-state index contributed by atoms with van der Waals surface area (Å²) >= 11 is 0. The summed E-state index contributed by atoms with van der Waals surface area (Å²) in [6, 6.07) is 4.30. The number of aliphatic hydroxyl groups is 1. The van der Waals surface area contributed by atoms with Crippen LogP contribution in [0.5, 0.6) is 0 Å². The van der Waals surface area contributed by atoms with E-state index in [1.165, 1.54) is 18.2 Å². The van der Waals surface area contributed by atoms with Crippen LogP contribution in [0.15, 0.2) is 18.2 Å². The van der Waals surface area contributed by atoms with Gasteiger partial charge in [0.2, 0.25) is 0 Å². The van der Waals surface area contributed by atoms with Gasteiger partial charge in [0.25, 0.3) is 5.91 Å². The zero-order chi connectivity index (χ0) is 15.6. The lowest BCUT2D eigenvalue weighted by Gasteiger charge is -2.34. The van der Waals surface area contributed by atoms with Gasteiger partial charge in [0.05, 0.1) is 16.7 Å². The molecular formula is C15H20N2O4. The van der Waals surface area contributed by atoms with E-state index in [1.54, 1.807) is 0 Å². The quantitative estimate of drug-likeness (QED) is 0.673. The minimum Gasteiger partial charge on any atom is -0.478 e. The normalized spacial score (nSPS) is 25.3. The van der Waals surface area contributed by atoms with Gasteiger partial charge in [-0.2, -0.15) is 0 Å². The van der Waals surface area contributed by atoms with Crippen molar-refractivity contribution in [1.29, 1.82) is 0 Å². The Morgan fingerprint density at radius 2 is 1.95 bits per heavy atom. The molecule has 0 unspecified atom stereocenters. The first-order valence-electron chi connectivity index (χ1n) is 6.94. The zero-order valence-corrected chi connectivity index (χ0v) is 11.9. The molecule has 1 fully saturated rings. The average molecular weight is 292 g/mol. The number of amides is 1. The van der Waals surface area contributed by atoms with Crippen molar-refractivity contribution in [3.05, 3.63) is 29.3 Å². The molecule has 0 bridgehead atoms. The van der Waals surface area contributed by atoms with Crippen LogP contribution in [0.4, 0.5) is 5.69 Å². The average Bonchev–Trinajstić information content (AvgIpc) is 2.40. The number of carbonyl (C=O) groups is 2. The number of benzene rings is 1. The van der Waals surface area contributed by atoms with Gasteiger partial charge in [0, 0.05) is 11.7 Å². The van der Waals surface area contributed by atoms with Crippen molar-refractivity contribution in [3.63, 3.8) is 0 Å². The van der Waals surface area contributed by atoms with Crippen LogP contribution in [0, 0.1) is 0 Å². The predicted molar refractivity (Wildman–Crippen MR) is 78.4 cm³/mol. The largest absolute Gasteiger partial charge is 0.478 e. The summed E-state index contributed by atoms with van der Waals surface area (Å²) in [5.41, 5.74) is 5.49. The fourth-order valence-corrected chi connectivity index (χ4v) is 2.62. The maximum Gasteiger partial charge on any atom is 0.335 e. The number of primary amides is 1. The van der Waals surface area contributed by atoms with Crippen LogP contribution < -0.4 is 11.1 Å². The summed E-state index contributed by atoms with van der Waals surface area (Å²) in [6.07, 6.45) is 2.83. The van der Waals surface area contributed by atoms with Gasteiger partial charge in [-0.15, -0.1) is 0 Å². The van der Waals surface area contributed by atoms with Gasteiger partial charge < -0.3 is 21.3 Å². The molecule has 6 nitrogen and oxygen atoms in total. The molecule has 0 aliphatic heterocycles. The number of hydrogen-bond donors (Lipinski definition) is 4. The van der Waals surface area contributed by atoms with Crippen LogP contribution in [0.2, 0.25) is 0 Å². The standard InChI is InChI=1S/C15H20N2O4/c1-15(21)6-4-10(5-7-15)17-12-8-9(14(19)20)2-3-11(12)13(16)18/h2-3,8,10,17,21H,4-7H2,1H3,(H2,16,18)(H,19,20)/t10-,15+. The van der Waals surface area contributed by atoms with E-state index in [-0.39, 0.29) is 17.2 Å². The summed E-state index contributed by atoms with van der Waals surface area (Å²) in [6.45, 7) is 1.81. The molecule has 1 aromatic rings. The van der Waals surface area contributed by atoms with Crippen molar-refractivity contribution in [3.8, 4) is 0 Å². The Labute approximate surface area is 123 Å². The second kappa shape index (κ2) is 5.73. The number of carbonyl (C=O) groups excluding carboxylic acids is 1. The van der Waals surface area contributed by atoms with Gasteiger partial charge in [-0.1, -0.05) is 0 Å². The topological polar surface area (TPSA) is 113 Å². The molecular weight excluding hydrogens is 272 g/mol. The number of carboxylic acid groups (broad SMARTS) is 1. The van der Waals surface area contributed by atoms with Crippen molar-refractivity contribution in [2.24, 2.45) is 5.73 Å². The first-order chi connectivity index (χ1) is 9.78. The molecule has 0 aromatic heterocycles. The number of hydrogen-bond acceptors (Lipinski definition) is 4. The van der Waals surface area contributed by atoms with E-state index in [2.05, 4.69) is 5.32 Å². The fourth-order valence-electron chi connectivity index (χ4n) is 2.62. The second-order valence-electron chi connectivity index (χ2n) is 5.85. The van der Waals surface area contributed by atoms with Crippen LogP contribution in [0.1, 0.15) is 53.3 Å². The molecule has 2 rings (SSSR count). The summed E-state index contributed by atoms with van der Waals surface area (Å²) in [5, 5.41) is 22.2. The number of anilines is 1. The first-order valence-corrected chi connectivity index (χ1v) is 6.94. The van der Waals surface area contributed by atoms with E-state index in [1.807, 2.05) is 6.92 Å². The zero-order valence-electron chi connectivity index (χ0n) is 11.9. The molecule has 1 aliphatic carbocycles. The lowest BCUT2D eigenvalue weighted by atomic mass is 9.83. The minimum atomic E-state index is -1.05. The van der Waals surface area contributed by atoms with Gasteiger partial charge in [0.15, 0.2) is 0 Å². The van der Waals surface area contributed by atoms with Crippen molar-refractivity contribution >= 4 is 17.6 Å². The number of rotatable bonds is 4. The molecule has 0 heterocycles. The number of carboxylic acids is 1. The van der Waals surface area contributed by atoms with Crippen LogP contribution in [-0.2, 0) is 0 Å². The molecule has 1 aliphatic rings. The van der Waals surface area contributed by atoms with E-state index >= 15 is 0 Å². The highest BCUT2D eigenvalue weighted by molar-refractivity contribution is 6.00. The van der Waals surface area contributed by atoms with E-state index in [9.17, 15) is 14.7 Å². The van der Waals surface area contributed by atoms with Crippen LogP contribution in [0.3, 0.4) is 0 Å². The van der Waals surface area contributed by atoms with Gasteiger partial charge in [-0.05, 0) is 50.8 Å². The van der Waals surface area contributed by atoms with Crippen LogP contribution in [-0.4, -0.2) is 33.7 Å². The lowest BCUT2D eigenvalue weighted by Crippen LogP contribution is -2.36. The number of nitrogens with two attached hydrogens (primary N) is 1. The Bertz CT molecular complexity index is 559. The minimum absolute atomic E-state index is 0.0902. The molecule has 1 amide bonds. The Balaban J connectivity index is 2.19. The molecule has 0 spiro atoms. The van der Waals surface area contributed by atoms with Crippen molar-refractivity contribution in [2.45, 2.75) is 44.2 Å². The smallest absolute Gasteiger partial charge is 0.335 e. The SMILES string of the molecule is C[C@]1(O)CC[C@@H](Nc2cc(C(=O)O)ccc2C(N)=O)CC1. The van der Waals surface area contributed by atoms with Crippen LogP contribution >= 0.6 is 0 Å². The Morgan fingerprint density at radius 3 is 2.48 bits per heavy atom. The maximum absolute atomic E-state index is 11.4. The second-order valence-corrected chi connectivity index (χ2v) is 5.85. The highest BCUT2D eigenvalue weighted by Gasteiger charge is 2.29. The Hall–Kier alpha value is -2.08. The Morgan fingerprint density at radius 1 is 1.33 bits per heavy atom. The molecule has 0 atom stereocenters.